The number of carbonyl (C=O) groups excluding carboxylic acids is 1. The second-order valence-electron chi connectivity index (χ2n) is 6.46. The molecule has 23 heavy (non-hydrogen) atoms. The zero-order valence-corrected chi connectivity index (χ0v) is 14.6. The summed E-state index contributed by atoms with van der Waals surface area (Å²) < 4.78 is 0. The molecule has 1 unspecified atom stereocenters. The van der Waals surface area contributed by atoms with Crippen molar-refractivity contribution in [1.29, 1.82) is 0 Å². The number of carbonyl (C=O) groups is 1. The normalized spacial score (nSPS) is 18.8. The van der Waals surface area contributed by atoms with Crippen molar-refractivity contribution < 1.29 is 4.79 Å². The zero-order valence-electron chi connectivity index (χ0n) is 14.6. The molecular formula is C19H31N3O. The van der Waals surface area contributed by atoms with Crippen LogP contribution < -0.4 is 5.32 Å². The standard InChI is InChI=1S/C19H31N3O/c1-3-13-22(19(23)11-12-20-2)18-10-7-14-21(16-18)15-17-8-5-4-6-9-17/h4-6,8-9,18,20H,3,7,10-16H2,1-2H3. The molecule has 1 N–H and O–H groups in total. The highest BCUT2D eigenvalue weighted by Crippen LogP contribution is 2.19. The van der Waals surface area contributed by atoms with Gasteiger partial charge in [-0.15, -0.1) is 0 Å². The minimum atomic E-state index is 0.299. The molecule has 0 radical (unpaired) electrons. The lowest BCUT2D eigenvalue weighted by Crippen LogP contribution is -2.50. The van der Waals surface area contributed by atoms with Gasteiger partial charge in [-0.2, -0.15) is 0 Å². The Balaban J connectivity index is 1.95. The van der Waals surface area contributed by atoms with Crippen LogP contribution in [0.5, 0.6) is 0 Å². The molecule has 1 aromatic rings. The first-order chi connectivity index (χ1) is 11.2. The van der Waals surface area contributed by atoms with Crippen molar-refractivity contribution in [2.45, 2.75) is 45.2 Å². The van der Waals surface area contributed by atoms with Crippen LogP contribution in [0.2, 0.25) is 0 Å². The molecule has 1 atom stereocenters. The number of hydrogen-bond donors (Lipinski definition) is 1. The number of nitrogens with zero attached hydrogens (tertiary/aromatic N) is 2. The maximum Gasteiger partial charge on any atom is 0.224 e. The van der Waals surface area contributed by atoms with Crippen LogP contribution in [-0.2, 0) is 11.3 Å². The molecule has 2 rings (SSSR count). The van der Waals surface area contributed by atoms with E-state index in [0.717, 1.165) is 45.6 Å². The van der Waals surface area contributed by atoms with Gasteiger partial charge in [-0.25, -0.2) is 0 Å². The van der Waals surface area contributed by atoms with Crippen molar-refractivity contribution >= 4 is 5.91 Å². The fourth-order valence-electron chi connectivity index (χ4n) is 3.40. The molecule has 4 heteroatoms. The van der Waals surface area contributed by atoms with Crippen molar-refractivity contribution in [3.63, 3.8) is 0 Å². The maximum absolute atomic E-state index is 12.5. The highest BCUT2D eigenvalue weighted by Gasteiger charge is 2.27. The minimum Gasteiger partial charge on any atom is -0.338 e. The maximum atomic E-state index is 12.5. The average Bonchev–Trinajstić information content (AvgIpc) is 2.58. The summed E-state index contributed by atoms with van der Waals surface area (Å²) >= 11 is 0. The highest BCUT2D eigenvalue weighted by molar-refractivity contribution is 5.76. The third-order valence-electron chi connectivity index (χ3n) is 4.54. The Morgan fingerprint density at radius 1 is 1.35 bits per heavy atom. The van der Waals surface area contributed by atoms with E-state index < -0.39 is 0 Å². The van der Waals surface area contributed by atoms with E-state index in [-0.39, 0.29) is 0 Å². The summed E-state index contributed by atoms with van der Waals surface area (Å²) in [6, 6.07) is 11.0. The molecule has 0 spiro atoms. The van der Waals surface area contributed by atoms with Crippen LogP contribution in [0.15, 0.2) is 30.3 Å². The minimum absolute atomic E-state index is 0.299. The molecular weight excluding hydrogens is 286 g/mol. The van der Waals surface area contributed by atoms with E-state index >= 15 is 0 Å². The van der Waals surface area contributed by atoms with Gasteiger partial charge in [-0.3, -0.25) is 9.69 Å². The largest absolute Gasteiger partial charge is 0.338 e. The van der Waals surface area contributed by atoms with Gasteiger partial charge in [0.05, 0.1) is 0 Å². The predicted molar refractivity (Wildman–Crippen MR) is 95.3 cm³/mol. The first-order valence-corrected chi connectivity index (χ1v) is 8.95. The van der Waals surface area contributed by atoms with E-state index in [1.165, 1.54) is 12.0 Å². The van der Waals surface area contributed by atoms with E-state index in [1.807, 2.05) is 7.05 Å². The van der Waals surface area contributed by atoms with E-state index in [4.69, 9.17) is 0 Å². The molecule has 1 fully saturated rings. The summed E-state index contributed by atoms with van der Waals surface area (Å²) in [6.45, 7) is 6.92. The van der Waals surface area contributed by atoms with E-state index in [0.29, 0.717) is 18.4 Å². The Morgan fingerprint density at radius 3 is 2.83 bits per heavy atom. The van der Waals surface area contributed by atoms with E-state index in [1.54, 1.807) is 0 Å². The smallest absolute Gasteiger partial charge is 0.224 e. The van der Waals surface area contributed by atoms with Crippen molar-refractivity contribution in [3.8, 4) is 0 Å². The van der Waals surface area contributed by atoms with Gasteiger partial charge in [0.2, 0.25) is 5.91 Å². The summed E-state index contributed by atoms with van der Waals surface area (Å²) in [4.78, 5) is 17.2. The first kappa shape index (κ1) is 18.0. The topological polar surface area (TPSA) is 35.6 Å². The van der Waals surface area contributed by atoms with Gasteiger partial charge >= 0.3 is 0 Å². The van der Waals surface area contributed by atoms with Crippen LogP contribution in [0, 0.1) is 0 Å². The SMILES string of the molecule is CCCN(C(=O)CCNC)C1CCCN(Cc2ccccc2)C1. The van der Waals surface area contributed by atoms with E-state index in [9.17, 15) is 4.79 Å². The van der Waals surface area contributed by atoms with Crippen molar-refractivity contribution in [1.82, 2.24) is 15.1 Å². The van der Waals surface area contributed by atoms with Crippen LogP contribution in [0.1, 0.15) is 38.2 Å². The quantitative estimate of drug-likeness (QED) is 0.800. The molecule has 1 heterocycles. The predicted octanol–water partition coefficient (Wildman–Crippen LogP) is 2.50. The van der Waals surface area contributed by atoms with E-state index in [2.05, 4.69) is 52.4 Å². The molecule has 0 aromatic heterocycles. The van der Waals surface area contributed by atoms with Crippen LogP contribution in [0.3, 0.4) is 0 Å². The van der Waals surface area contributed by atoms with Gasteiger partial charge in [-0.05, 0) is 38.4 Å². The lowest BCUT2D eigenvalue weighted by molar-refractivity contribution is -0.134. The molecule has 1 aliphatic heterocycles. The number of piperidine rings is 1. The Hall–Kier alpha value is -1.39. The third-order valence-corrected chi connectivity index (χ3v) is 4.54. The lowest BCUT2D eigenvalue weighted by Gasteiger charge is -2.39. The Labute approximate surface area is 140 Å². The first-order valence-electron chi connectivity index (χ1n) is 8.95. The van der Waals surface area contributed by atoms with Gasteiger partial charge in [0.25, 0.3) is 0 Å². The Kier molecular flexibility index (Phi) is 7.56. The summed E-state index contributed by atoms with van der Waals surface area (Å²) in [5.74, 6) is 0.299. The molecule has 1 aromatic carbocycles. The van der Waals surface area contributed by atoms with Crippen molar-refractivity contribution in [2.24, 2.45) is 0 Å². The molecule has 0 bridgehead atoms. The van der Waals surface area contributed by atoms with Crippen LogP contribution >= 0.6 is 0 Å². The Bertz CT molecular complexity index is 463. The number of hydrogen-bond acceptors (Lipinski definition) is 3. The van der Waals surface area contributed by atoms with Gasteiger partial charge in [0, 0.05) is 38.6 Å². The number of amides is 1. The molecule has 0 aliphatic carbocycles. The third kappa shape index (κ3) is 5.63. The van der Waals surface area contributed by atoms with Gasteiger partial charge < -0.3 is 10.2 Å². The summed E-state index contributed by atoms with van der Waals surface area (Å²) in [5, 5.41) is 3.08. The molecule has 0 saturated carbocycles. The Morgan fingerprint density at radius 2 is 2.13 bits per heavy atom. The summed E-state index contributed by atoms with van der Waals surface area (Å²) in [7, 11) is 1.90. The second-order valence-corrected chi connectivity index (χ2v) is 6.46. The average molecular weight is 317 g/mol. The molecule has 1 amide bonds. The zero-order chi connectivity index (χ0) is 16.5. The second kappa shape index (κ2) is 9.68. The number of rotatable bonds is 8. The number of benzene rings is 1. The molecule has 4 nitrogen and oxygen atoms in total. The highest BCUT2D eigenvalue weighted by atomic mass is 16.2. The molecule has 128 valence electrons. The van der Waals surface area contributed by atoms with Gasteiger partial charge in [0.1, 0.15) is 0 Å². The van der Waals surface area contributed by atoms with Crippen LogP contribution in [0.4, 0.5) is 0 Å². The fraction of sp³-hybridized carbons (Fsp3) is 0.632. The van der Waals surface area contributed by atoms with Crippen molar-refractivity contribution in [3.05, 3.63) is 35.9 Å². The summed E-state index contributed by atoms with van der Waals surface area (Å²) in [5.41, 5.74) is 1.36. The van der Waals surface area contributed by atoms with Gasteiger partial charge in [0.15, 0.2) is 0 Å². The number of nitrogens with one attached hydrogen (secondary N) is 1. The monoisotopic (exact) mass is 317 g/mol. The fourth-order valence-corrected chi connectivity index (χ4v) is 3.40. The van der Waals surface area contributed by atoms with Crippen LogP contribution in [-0.4, -0.2) is 55.0 Å². The molecule has 1 aliphatic rings. The van der Waals surface area contributed by atoms with Crippen molar-refractivity contribution in [2.75, 3.05) is 33.2 Å². The summed E-state index contributed by atoms with van der Waals surface area (Å²) in [6.07, 6.45) is 3.94. The molecule has 1 saturated heterocycles. The number of likely N-dealkylation sites (tertiary alicyclic amines) is 1. The van der Waals surface area contributed by atoms with Crippen LogP contribution in [0.25, 0.3) is 0 Å². The van der Waals surface area contributed by atoms with Gasteiger partial charge in [-0.1, -0.05) is 37.3 Å². The lowest BCUT2D eigenvalue weighted by atomic mass is 10.0.